The van der Waals surface area contributed by atoms with E-state index < -0.39 is 28.5 Å². The summed E-state index contributed by atoms with van der Waals surface area (Å²) in [4.78, 5) is 24.3. The zero-order valence-corrected chi connectivity index (χ0v) is 14.7. The molecule has 1 rings (SSSR count). The molecular weight excluding hydrogens is 309 g/mol. The summed E-state index contributed by atoms with van der Waals surface area (Å²) in [5.74, 6) is -1.31. The van der Waals surface area contributed by atoms with Gasteiger partial charge in [-0.15, -0.1) is 0 Å². The molecule has 0 bridgehead atoms. The summed E-state index contributed by atoms with van der Waals surface area (Å²) < 4.78 is 5.17. The molecule has 120 valence electrons. The molecule has 0 aromatic heterocycles. The molecule has 1 aromatic rings. The van der Waals surface area contributed by atoms with Crippen molar-refractivity contribution >= 4 is 24.7 Å². The molecule has 0 heterocycles. The molecule has 0 fully saturated rings. The molecule has 0 saturated heterocycles. The average Bonchev–Trinajstić information content (AvgIpc) is 2.45. The maximum Gasteiger partial charge on any atom is 1.00 e. The molecule has 0 saturated carbocycles. The van der Waals surface area contributed by atoms with Gasteiger partial charge in [-0.25, -0.2) is 9.59 Å². The monoisotopic (exact) mass is 329 g/mol. The zero-order valence-electron chi connectivity index (χ0n) is 13.9. The van der Waals surface area contributed by atoms with Crippen LogP contribution in [-0.4, -0.2) is 27.4 Å². The van der Waals surface area contributed by atoms with E-state index in [0.29, 0.717) is 0 Å². The normalized spacial score (nSPS) is 11.8. The van der Waals surface area contributed by atoms with Crippen molar-refractivity contribution in [3.05, 3.63) is 48.2 Å². The summed E-state index contributed by atoms with van der Waals surface area (Å²) in [6, 6.07) is 9.10. The Bertz CT molecular complexity index is 557. The second-order valence-electron chi connectivity index (χ2n) is 5.88. The summed E-state index contributed by atoms with van der Waals surface area (Å²) in [6.45, 7) is 8.91. The molecule has 0 unspecified atom stereocenters. The zero-order chi connectivity index (χ0) is 16.9. The van der Waals surface area contributed by atoms with Gasteiger partial charge in [-0.1, -0.05) is 63.1 Å². The second-order valence-corrected chi connectivity index (χ2v) is 6.33. The van der Waals surface area contributed by atoms with Crippen LogP contribution in [0.25, 0.3) is 0 Å². The van der Waals surface area contributed by atoms with E-state index in [1.807, 2.05) is 39.0 Å². The SMILES string of the molecule is C=C(C(=O)O)N(C(=O)OCc1ccccc1)[C@H]([S-])C(C)(C)C.[Li+]. The number of rotatable bonds is 5. The van der Waals surface area contributed by atoms with E-state index in [-0.39, 0.29) is 25.5 Å². The van der Waals surface area contributed by atoms with E-state index in [4.69, 9.17) is 22.5 Å². The Morgan fingerprint density at radius 2 is 1.83 bits per heavy atom. The third-order valence-corrected chi connectivity index (χ3v) is 3.83. The van der Waals surface area contributed by atoms with Crippen LogP contribution in [0.2, 0.25) is 0 Å². The van der Waals surface area contributed by atoms with Crippen LogP contribution in [0, 0.1) is 5.41 Å². The maximum atomic E-state index is 12.3. The summed E-state index contributed by atoms with van der Waals surface area (Å²) in [7, 11) is 0. The second kappa shape index (κ2) is 9.07. The molecule has 1 atom stereocenters. The molecule has 0 spiro atoms. The van der Waals surface area contributed by atoms with Crippen LogP contribution in [0.5, 0.6) is 0 Å². The molecule has 1 amide bonds. The Morgan fingerprint density at radius 3 is 2.26 bits per heavy atom. The first kappa shape index (κ1) is 21.6. The third kappa shape index (κ3) is 6.34. The largest absolute Gasteiger partial charge is 1.00 e. The van der Waals surface area contributed by atoms with Gasteiger partial charge < -0.3 is 22.5 Å². The van der Waals surface area contributed by atoms with Gasteiger partial charge in [0, 0.05) is 0 Å². The molecular formula is C16H20LiNO4S. The van der Waals surface area contributed by atoms with E-state index in [1.54, 1.807) is 12.1 Å². The quantitative estimate of drug-likeness (QED) is 0.473. The van der Waals surface area contributed by atoms with Crippen molar-refractivity contribution in [3.8, 4) is 0 Å². The number of aliphatic carboxylic acids is 1. The van der Waals surface area contributed by atoms with Crippen LogP contribution in [0.15, 0.2) is 42.6 Å². The van der Waals surface area contributed by atoms with Crippen LogP contribution in [0.4, 0.5) is 4.79 Å². The van der Waals surface area contributed by atoms with E-state index in [1.165, 1.54) is 0 Å². The Morgan fingerprint density at radius 1 is 1.30 bits per heavy atom. The first-order valence-electron chi connectivity index (χ1n) is 6.72. The maximum absolute atomic E-state index is 12.3. The van der Waals surface area contributed by atoms with Crippen molar-refractivity contribution in [2.24, 2.45) is 5.41 Å². The van der Waals surface area contributed by atoms with Crippen LogP contribution < -0.4 is 18.9 Å². The number of carbonyl (C=O) groups excluding carboxylic acids is 1. The fraction of sp³-hybridized carbons (Fsp3) is 0.375. The molecule has 0 aliphatic rings. The van der Waals surface area contributed by atoms with Gasteiger partial charge in [-0.3, -0.25) is 4.90 Å². The Hall–Kier alpha value is -1.35. The smallest absolute Gasteiger partial charge is 0.767 e. The molecule has 0 aliphatic heterocycles. The fourth-order valence-corrected chi connectivity index (χ4v) is 1.84. The number of carbonyl (C=O) groups is 2. The molecule has 23 heavy (non-hydrogen) atoms. The van der Waals surface area contributed by atoms with E-state index in [2.05, 4.69) is 6.58 Å². The van der Waals surface area contributed by atoms with Gasteiger partial charge in [0.2, 0.25) is 0 Å². The molecule has 5 nitrogen and oxygen atoms in total. The van der Waals surface area contributed by atoms with Gasteiger partial charge in [0.05, 0.1) is 0 Å². The number of nitrogens with zero attached hydrogens (tertiary/aromatic N) is 1. The minimum atomic E-state index is -1.31. The van der Waals surface area contributed by atoms with Gasteiger partial charge in [0.15, 0.2) is 0 Å². The number of carboxylic acids is 1. The minimum Gasteiger partial charge on any atom is -0.767 e. The number of carboxylic acid groups (broad SMARTS) is 1. The van der Waals surface area contributed by atoms with Crippen LogP contribution >= 0.6 is 0 Å². The number of amides is 1. The van der Waals surface area contributed by atoms with Gasteiger partial charge >= 0.3 is 30.9 Å². The molecule has 7 heteroatoms. The topological polar surface area (TPSA) is 66.8 Å². The number of hydrogen-bond acceptors (Lipinski definition) is 4. The van der Waals surface area contributed by atoms with Crippen LogP contribution in [0.1, 0.15) is 26.3 Å². The van der Waals surface area contributed by atoms with Crippen LogP contribution in [-0.2, 0) is 28.8 Å². The van der Waals surface area contributed by atoms with Crippen molar-refractivity contribution in [3.63, 3.8) is 0 Å². The number of ether oxygens (including phenoxy) is 1. The predicted octanol–water partition coefficient (Wildman–Crippen LogP) is 0.147. The number of benzene rings is 1. The standard InChI is InChI=1S/C16H21NO4S.Li/c1-11(13(18)19)17(14(22)16(2,3)4)15(20)21-10-12-8-6-5-7-9-12;/h5-9,14,22H,1,10H2,2-4H3,(H,18,19);/q;+1/p-1/t14-;/m1./s1. The Balaban J connectivity index is 0.00000484. The first-order valence-corrected chi connectivity index (χ1v) is 7.19. The summed E-state index contributed by atoms with van der Waals surface area (Å²) in [5.41, 5.74) is -0.0964. The van der Waals surface area contributed by atoms with Gasteiger partial charge in [-0.05, 0) is 11.0 Å². The Labute approximate surface area is 154 Å². The van der Waals surface area contributed by atoms with Crippen molar-refractivity contribution in [2.45, 2.75) is 32.8 Å². The molecule has 0 aliphatic carbocycles. The van der Waals surface area contributed by atoms with Crippen molar-refractivity contribution in [1.29, 1.82) is 0 Å². The predicted molar refractivity (Wildman–Crippen MR) is 85.8 cm³/mol. The van der Waals surface area contributed by atoms with E-state index in [0.717, 1.165) is 10.5 Å². The summed E-state index contributed by atoms with van der Waals surface area (Å²) >= 11 is 5.30. The fourth-order valence-electron chi connectivity index (χ4n) is 1.63. The summed E-state index contributed by atoms with van der Waals surface area (Å²) in [6.07, 6.45) is -0.814. The van der Waals surface area contributed by atoms with Gasteiger partial charge in [0.1, 0.15) is 12.3 Å². The van der Waals surface area contributed by atoms with Crippen molar-refractivity contribution in [1.82, 2.24) is 4.90 Å². The van der Waals surface area contributed by atoms with Crippen molar-refractivity contribution in [2.75, 3.05) is 0 Å². The van der Waals surface area contributed by atoms with Crippen molar-refractivity contribution < 1.29 is 38.3 Å². The third-order valence-electron chi connectivity index (χ3n) is 2.91. The van der Waals surface area contributed by atoms with Gasteiger partial charge in [-0.2, -0.15) is 0 Å². The summed E-state index contributed by atoms with van der Waals surface area (Å²) in [5, 5.41) is 8.31. The van der Waals surface area contributed by atoms with Gasteiger partial charge in [0.25, 0.3) is 0 Å². The van der Waals surface area contributed by atoms with E-state index in [9.17, 15) is 9.59 Å². The molecule has 1 N–H and O–H groups in total. The molecule has 1 aromatic carbocycles. The Kier molecular flexibility index (Phi) is 8.53. The molecule has 0 radical (unpaired) electrons. The van der Waals surface area contributed by atoms with Crippen LogP contribution in [0.3, 0.4) is 0 Å². The first-order chi connectivity index (χ1) is 10.1. The minimum absolute atomic E-state index is 0. The average molecular weight is 329 g/mol. The number of hydrogen-bond donors (Lipinski definition) is 1. The van der Waals surface area contributed by atoms with E-state index >= 15 is 0 Å².